The largest absolute Gasteiger partial charge is 0.358 e. The summed E-state index contributed by atoms with van der Waals surface area (Å²) in [7, 11) is 0. The van der Waals surface area contributed by atoms with Gasteiger partial charge >= 0.3 is 0 Å². The highest BCUT2D eigenvalue weighted by Crippen LogP contribution is 2.15. The molecular formula is C30H40N2. The van der Waals surface area contributed by atoms with Crippen molar-refractivity contribution in [3.8, 4) is 11.1 Å². The Labute approximate surface area is 196 Å². The van der Waals surface area contributed by atoms with Gasteiger partial charge in [-0.3, -0.25) is 0 Å². The molecule has 0 radical (unpaired) electrons. The smallest absolute Gasteiger partial charge is 0.173 e. The van der Waals surface area contributed by atoms with Crippen molar-refractivity contribution in [1.82, 2.24) is 0 Å². The zero-order chi connectivity index (χ0) is 21.6. The summed E-state index contributed by atoms with van der Waals surface area (Å²) in [5.41, 5.74) is 5.10. The zero-order valence-corrected chi connectivity index (χ0v) is 20.7. The first kappa shape index (κ1) is 28.7. The SMILES string of the molecule is CC.CC.[CH3-].[CH3-].c1ccc(C[n+]2ccc(-c3cc[n+](Cc4ccccc4)cc3)cc2)cc1. The van der Waals surface area contributed by atoms with Crippen LogP contribution in [0, 0.1) is 14.9 Å². The second-order valence-electron chi connectivity index (χ2n) is 6.49. The molecule has 0 bridgehead atoms. The number of hydrogen-bond donors (Lipinski definition) is 0. The van der Waals surface area contributed by atoms with Crippen molar-refractivity contribution in [2.45, 2.75) is 40.8 Å². The lowest BCUT2D eigenvalue weighted by Crippen LogP contribution is -2.33. The average Bonchev–Trinajstić information content (AvgIpc) is 2.84. The molecule has 0 fully saturated rings. The molecule has 0 N–H and O–H groups in total. The lowest BCUT2D eigenvalue weighted by molar-refractivity contribution is -0.688. The lowest BCUT2D eigenvalue weighted by Gasteiger charge is -2.02. The maximum Gasteiger partial charge on any atom is 0.173 e. The molecule has 2 heteroatoms. The Balaban J connectivity index is 0.00000152. The highest BCUT2D eigenvalue weighted by molar-refractivity contribution is 5.60. The minimum atomic E-state index is 0. The van der Waals surface area contributed by atoms with E-state index >= 15 is 0 Å². The van der Waals surface area contributed by atoms with E-state index in [1.807, 2.05) is 27.7 Å². The minimum Gasteiger partial charge on any atom is -0.358 e. The van der Waals surface area contributed by atoms with E-state index in [0.717, 1.165) is 13.1 Å². The van der Waals surface area contributed by atoms with Gasteiger partial charge in [-0.25, -0.2) is 9.13 Å². The molecule has 0 saturated carbocycles. The van der Waals surface area contributed by atoms with E-state index in [1.54, 1.807) is 0 Å². The second kappa shape index (κ2) is 16.4. The average molecular weight is 429 g/mol. The number of pyridine rings is 2. The van der Waals surface area contributed by atoms with Gasteiger partial charge in [0.1, 0.15) is 0 Å². The quantitative estimate of drug-likeness (QED) is 0.239. The minimum absolute atomic E-state index is 0. The van der Waals surface area contributed by atoms with Crippen LogP contribution in [-0.2, 0) is 13.1 Å². The highest BCUT2D eigenvalue weighted by atomic mass is 14.9. The zero-order valence-electron chi connectivity index (χ0n) is 20.7. The first-order valence-electron chi connectivity index (χ1n) is 10.9. The standard InChI is InChI=1S/C24H22N2.2C2H6.2CH3/c1-3-7-21(8-4-1)19-25-15-11-23(12-16-25)24-13-17-26(18-14-24)20-22-9-5-2-6-10-22;2*1-2;;/h1-18H,19-20H2;2*1-2H3;2*1H3/q+2;;;2*-1. The van der Waals surface area contributed by atoms with Gasteiger partial charge < -0.3 is 14.9 Å². The summed E-state index contributed by atoms with van der Waals surface area (Å²) in [6.07, 6.45) is 8.58. The Morgan fingerprint density at radius 1 is 0.438 bits per heavy atom. The van der Waals surface area contributed by atoms with Crippen LogP contribution >= 0.6 is 0 Å². The van der Waals surface area contributed by atoms with Crippen LogP contribution in [0.25, 0.3) is 11.1 Å². The van der Waals surface area contributed by atoms with Crippen molar-refractivity contribution in [2.24, 2.45) is 0 Å². The monoisotopic (exact) mass is 428 g/mol. The van der Waals surface area contributed by atoms with Crippen molar-refractivity contribution in [3.05, 3.63) is 136 Å². The van der Waals surface area contributed by atoms with E-state index in [2.05, 4.69) is 119 Å². The summed E-state index contributed by atoms with van der Waals surface area (Å²) in [4.78, 5) is 0. The van der Waals surface area contributed by atoms with Gasteiger partial charge in [-0.15, -0.1) is 0 Å². The lowest BCUT2D eigenvalue weighted by atomic mass is 10.1. The maximum atomic E-state index is 2.21. The third kappa shape index (κ3) is 8.85. The normalized spacial score (nSPS) is 9.00. The number of nitrogens with zero attached hydrogens (tertiary/aromatic N) is 2. The van der Waals surface area contributed by atoms with E-state index in [0.29, 0.717) is 0 Å². The summed E-state index contributed by atoms with van der Waals surface area (Å²) in [6.45, 7) is 9.79. The molecule has 0 aliphatic heterocycles. The first-order valence-corrected chi connectivity index (χ1v) is 10.9. The third-order valence-electron chi connectivity index (χ3n) is 4.53. The van der Waals surface area contributed by atoms with Gasteiger partial charge in [-0.2, -0.15) is 0 Å². The van der Waals surface area contributed by atoms with Crippen LogP contribution < -0.4 is 9.13 Å². The maximum absolute atomic E-state index is 2.21. The molecule has 0 spiro atoms. The van der Waals surface area contributed by atoms with Gasteiger partial charge in [0.25, 0.3) is 0 Å². The number of hydrogen-bond acceptors (Lipinski definition) is 0. The van der Waals surface area contributed by atoms with Gasteiger partial charge in [-0.1, -0.05) is 88.4 Å². The molecule has 4 rings (SSSR count). The van der Waals surface area contributed by atoms with Crippen LogP contribution in [0.4, 0.5) is 0 Å². The Hall–Kier alpha value is -3.26. The van der Waals surface area contributed by atoms with Crippen LogP contribution in [0.3, 0.4) is 0 Å². The Bertz CT molecular complexity index is 862. The van der Waals surface area contributed by atoms with E-state index in [4.69, 9.17) is 0 Å². The first-order chi connectivity index (χ1) is 14.9. The van der Waals surface area contributed by atoms with E-state index in [9.17, 15) is 0 Å². The van der Waals surface area contributed by atoms with Crippen molar-refractivity contribution < 1.29 is 9.13 Å². The number of rotatable bonds is 5. The van der Waals surface area contributed by atoms with E-state index < -0.39 is 0 Å². The fourth-order valence-electron chi connectivity index (χ4n) is 3.10. The van der Waals surface area contributed by atoms with Crippen molar-refractivity contribution >= 4 is 0 Å². The topological polar surface area (TPSA) is 7.76 Å². The molecule has 0 amide bonds. The van der Waals surface area contributed by atoms with Gasteiger partial charge in [0, 0.05) is 35.4 Å². The predicted molar refractivity (Wildman–Crippen MR) is 139 cm³/mol. The summed E-state index contributed by atoms with van der Waals surface area (Å²) in [5.74, 6) is 0. The Morgan fingerprint density at radius 3 is 1.00 bits per heavy atom. The summed E-state index contributed by atoms with van der Waals surface area (Å²) in [6, 6.07) is 29.8. The van der Waals surface area contributed by atoms with Crippen molar-refractivity contribution in [2.75, 3.05) is 0 Å². The summed E-state index contributed by atoms with van der Waals surface area (Å²) < 4.78 is 4.41. The third-order valence-corrected chi connectivity index (χ3v) is 4.53. The van der Waals surface area contributed by atoms with Crippen LogP contribution in [0.5, 0.6) is 0 Å². The fraction of sp³-hybridized carbons (Fsp3) is 0.200. The Morgan fingerprint density at radius 2 is 0.719 bits per heavy atom. The van der Waals surface area contributed by atoms with Crippen LogP contribution in [0.2, 0.25) is 0 Å². The molecule has 0 aliphatic rings. The van der Waals surface area contributed by atoms with Gasteiger partial charge in [0.15, 0.2) is 37.9 Å². The molecule has 2 aromatic carbocycles. The molecule has 2 heterocycles. The number of benzene rings is 2. The van der Waals surface area contributed by atoms with Gasteiger partial charge in [-0.05, 0) is 11.1 Å². The summed E-state index contributed by atoms with van der Waals surface area (Å²) in [5, 5.41) is 0. The van der Waals surface area contributed by atoms with Gasteiger partial charge in [0.05, 0.1) is 0 Å². The molecule has 0 atom stereocenters. The van der Waals surface area contributed by atoms with Gasteiger partial charge in [0.2, 0.25) is 0 Å². The van der Waals surface area contributed by atoms with E-state index in [-0.39, 0.29) is 14.9 Å². The highest BCUT2D eigenvalue weighted by Gasteiger charge is 2.07. The van der Waals surface area contributed by atoms with Crippen LogP contribution in [-0.4, -0.2) is 0 Å². The summed E-state index contributed by atoms with van der Waals surface area (Å²) >= 11 is 0. The molecular weight excluding hydrogens is 388 g/mol. The Kier molecular flexibility index (Phi) is 14.8. The number of aromatic nitrogens is 2. The van der Waals surface area contributed by atoms with Crippen LogP contribution in [0.1, 0.15) is 38.8 Å². The molecule has 0 unspecified atom stereocenters. The fourth-order valence-corrected chi connectivity index (χ4v) is 3.10. The molecule has 170 valence electrons. The molecule has 0 saturated heterocycles. The molecule has 0 aliphatic carbocycles. The molecule has 32 heavy (non-hydrogen) atoms. The second-order valence-corrected chi connectivity index (χ2v) is 6.49. The molecule has 2 nitrogen and oxygen atoms in total. The van der Waals surface area contributed by atoms with Crippen molar-refractivity contribution in [3.63, 3.8) is 0 Å². The molecule has 4 aromatic rings. The molecule has 2 aromatic heterocycles. The van der Waals surface area contributed by atoms with Crippen LogP contribution in [0.15, 0.2) is 110 Å². The predicted octanol–water partition coefficient (Wildman–Crippen LogP) is 6.98. The van der Waals surface area contributed by atoms with Crippen molar-refractivity contribution in [1.29, 1.82) is 0 Å². The van der Waals surface area contributed by atoms with E-state index in [1.165, 1.54) is 22.3 Å².